The number of hydrogen-bond donors (Lipinski definition) is 1. The van der Waals surface area contributed by atoms with Gasteiger partial charge in [0, 0.05) is 31.0 Å². The lowest BCUT2D eigenvalue weighted by Gasteiger charge is -2.34. The zero-order valence-corrected chi connectivity index (χ0v) is 20.5. The van der Waals surface area contributed by atoms with Crippen LogP contribution in [0.4, 0.5) is 5.69 Å². The molecule has 176 valence electrons. The van der Waals surface area contributed by atoms with Gasteiger partial charge in [0.2, 0.25) is 10.0 Å². The van der Waals surface area contributed by atoms with Gasteiger partial charge in [-0.15, -0.1) is 0 Å². The lowest BCUT2D eigenvalue weighted by molar-refractivity contribution is 0.360. The highest BCUT2D eigenvalue weighted by Gasteiger charge is 2.37. The topological polar surface area (TPSA) is 69.3 Å². The van der Waals surface area contributed by atoms with Gasteiger partial charge in [0.15, 0.2) is 0 Å². The van der Waals surface area contributed by atoms with E-state index in [1.807, 2.05) is 45.2 Å². The zero-order valence-electron chi connectivity index (χ0n) is 19.7. The first kappa shape index (κ1) is 23.5. The molecule has 0 aliphatic carbocycles. The summed E-state index contributed by atoms with van der Waals surface area (Å²) in [6.45, 7) is 7.31. The molecule has 0 saturated heterocycles. The fourth-order valence-electron chi connectivity index (χ4n) is 4.48. The van der Waals surface area contributed by atoms with Crippen molar-refractivity contribution < 1.29 is 8.42 Å². The summed E-state index contributed by atoms with van der Waals surface area (Å²) in [4.78, 5) is 9.78. The third kappa shape index (κ3) is 5.31. The number of rotatable bonds is 8. The first-order valence-electron chi connectivity index (χ1n) is 11.7. The summed E-state index contributed by atoms with van der Waals surface area (Å²) in [5.74, 6) is 0.0531. The second kappa shape index (κ2) is 10.1. The van der Waals surface area contributed by atoms with E-state index in [1.165, 1.54) is 5.56 Å². The van der Waals surface area contributed by atoms with Gasteiger partial charge in [-0.2, -0.15) is 4.31 Å². The van der Waals surface area contributed by atoms with Gasteiger partial charge in [-0.25, -0.2) is 13.4 Å². The number of hydrogen-bond acceptors (Lipinski definition) is 4. The summed E-state index contributed by atoms with van der Waals surface area (Å²) in [6, 6.07) is 18.6. The van der Waals surface area contributed by atoms with E-state index in [0.29, 0.717) is 19.6 Å². The predicted molar refractivity (Wildman–Crippen MR) is 133 cm³/mol. The Bertz CT molecular complexity index is 1130. The van der Waals surface area contributed by atoms with Gasteiger partial charge in [-0.05, 0) is 42.9 Å². The molecule has 4 rings (SSSR count). The number of imidazole rings is 1. The fourth-order valence-corrected chi connectivity index (χ4v) is 6.33. The highest BCUT2D eigenvalue weighted by atomic mass is 32.2. The molecular formula is C26H34N4O2S. The number of sulfonamides is 1. The van der Waals surface area contributed by atoms with Crippen LogP contribution < -0.4 is 4.90 Å². The van der Waals surface area contributed by atoms with Crippen LogP contribution in [0.3, 0.4) is 0 Å². The number of nitrogens with zero attached hydrogens (tertiary/aromatic N) is 3. The van der Waals surface area contributed by atoms with Crippen molar-refractivity contribution in [2.45, 2.75) is 58.0 Å². The number of anilines is 1. The second-order valence-corrected chi connectivity index (χ2v) is 11.6. The van der Waals surface area contributed by atoms with Crippen molar-refractivity contribution in [3.8, 4) is 0 Å². The summed E-state index contributed by atoms with van der Waals surface area (Å²) < 4.78 is 29.0. The molecule has 1 aliphatic heterocycles. The van der Waals surface area contributed by atoms with E-state index in [2.05, 4.69) is 51.3 Å². The SMILES string of the molecule is CC(C)C(C)S(=O)(=O)N1Cc2ccccc2N(Cc2cnc[nH]2)[C@@H](CCc2ccccc2)C1. The lowest BCUT2D eigenvalue weighted by Crippen LogP contribution is -2.46. The van der Waals surface area contributed by atoms with E-state index >= 15 is 0 Å². The van der Waals surface area contributed by atoms with Crippen LogP contribution in [0.1, 0.15) is 44.0 Å². The van der Waals surface area contributed by atoms with Crippen molar-refractivity contribution in [2.75, 3.05) is 11.4 Å². The van der Waals surface area contributed by atoms with E-state index in [-0.39, 0.29) is 12.0 Å². The van der Waals surface area contributed by atoms with Gasteiger partial charge in [-0.1, -0.05) is 62.4 Å². The molecule has 6 nitrogen and oxygen atoms in total. The van der Waals surface area contributed by atoms with Gasteiger partial charge in [-0.3, -0.25) is 0 Å². The Balaban J connectivity index is 1.72. The number of fused-ring (bicyclic) bond motifs is 1. The van der Waals surface area contributed by atoms with Crippen molar-refractivity contribution in [3.63, 3.8) is 0 Å². The maximum absolute atomic E-state index is 13.6. The van der Waals surface area contributed by atoms with E-state index in [9.17, 15) is 8.42 Å². The number of aromatic nitrogens is 2. The quantitative estimate of drug-likeness (QED) is 0.526. The number of aryl methyl sites for hydroxylation is 1. The third-order valence-corrected chi connectivity index (χ3v) is 9.26. The van der Waals surface area contributed by atoms with Crippen molar-refractivity contribution in [2.24, 2.45) is 5.92 Å². The number of nitrogens with one attached hydrogen (secondary N) is 1. The van der Waals surface area contributed by atoms with Crippen molar-refractivity contribution in [3.05, 3.63) is 83.9 Å². The van der Waals surface area contributed by atoms with Crippen LogP contribution in [-0.2, 0) is 29.5 Å². The minimum Gasteiger partial charge on any atom is -0.361 e. The largest absolute Gasteiger partial charge is 0.361 e. The molecule has 2 heterocycles. The van der Waals surface area contributed by atoms with Crippen molar-refractivity contribution in [1.29, 1.82) is 0 Å². The van der Waals surface area contributed by atoms with Crippen LogP contribution >= 0.6 is 0 Å². The number of aromatic amines is 1. The van der Waals surface area contributed by atoms with Gasteiger partial charge in [0.05, 0.1) is 23.8 Å². The fraction of sp³-hybridized carbons (Fsp3) is 0.423. The van der Waals surface area contributed by atoms with E-state index in [4.69, 9.17) is 0 Å². The summed E-state index contributed by atoms with van der Waals surface area (Å²) in [7, 11) is -3.44. The maximum atomic E-state index is 13.6. The average molecular weight is 467 g/mol. The minimum absolute atomic E-state index is 0.0336. The second-order valence-electron chi connectivity index (χ2n) is 9.30. The highest BCUT2D eigenvalue weighted by Crippen LogP contribution is 2.33. The van der Waals surface area contributed by atoms with Gasteiger partial charge in [0.25, 0.3) is 0 Å². The molecule has 0 radical (unpaired) electrons. The predicted octanol–water partition coefficient (Wildman–Crippen LogP) is 4.61. The monoisotopic (exact) mass is 466 g/mol. The molecule has 0 spiro atoms. The van der Waals surface area contributed by atoms with E-state index in [1.54, 1.807) is 10.6 Å². The van der Waals surface area contributed by atoms with Gasteiger partial charge in [0.1, 0.15) is 0 Å². The molecule has 1 aliphatic rings. The normalized spacial score (nSPS) is 18.2. The van der Waals surface area contributed by atoms with Crippen molar-refractivity contribution >= 4 is 15.7 Å². The van der Waals surface area contributed by atoms with Crippen LogP contribution in [0.5, 0.6) is 0 Å². The van der Waals surface area contributed by atoms with E-state index in [0.717, 1.165) is 29.8 Å². The van der Waals surface area contributed by atoms with Crippen molar-refractivity contribution in [1.82, 2.24) is 14.3 Å². The summed E-state index contributed by atoms with van der Waals surface area (Å²) >= 11 is 0. The molecule has 0 saturated carbocycles. The molecular weight excluding hydrogens is 432 g/mol. The molecule has 0 amide bonds. The van der Waals surface area contributed by atoms with Crippen LogP contribution in [-0.4, -0.2) is 40.5 Å². The summed E-state index contributed by atoms with van der Waals surface area (Å²) in [5, 5.41) is -0.432. The lowest BCUT2D eigenvalue weighted by atomic mass is 10.0. The van der Waals surface area contributed by atoms with Gasteiger partial charge < -0.3 is 9.88 Å². The Kier molecular flexibility index (Phi) is 7.20. The molecule has 0 bridgehead atoms. The Morgan fingerprint density at radius 1 is 1.06 bits per heavy atom. The molecule has 7 heteroatoms. The first-order valence-corrected chi connectivity index (χ1v) is 13.2. The molecule has 0 fully saturated rings. The Morgan fingerprint density at radius 2 is 1.79 bits per heavy atom. The Hall–Kier alpha value is -2.64. The highest BCUT2D eigenvalue weighted by molar-refractivity contribution is 7.89. The van der Waals surface area contributed by atoms with Crippen LogP contribution in [0, 0.1) is 5.92 Å². The molecule has 2 aromatic carbocycles. The molecule has 2 atom stereocenters. The molecule has 1 aromatic heterocycles. The number of H-pyrrole nitrogens is 1. The number of para-hydroxylation sites is 1. The Labute approximate surface area is 197 Å². The maximum Gasteiger partial charge on any atom is 0.217 e. The molecule has 33 heavy (non-hydrogen) atoms. The van der Waals surface area contributed by atoms with Crippen LogP contribution in [0.25, 0.3) is 0 Å². The molecule has 1 unspecified atom stereocenters. The van der Waals surface area contributed by atoms with E-state index < -0.39 is 15.3 Å². The standard InChI is InChI=1S/C26H34N4O2S/c1-20(2)21(3)33(31,32)29-16-23-11-7-8-12-26(23)30(17-24-15-27-19-28-24)25(18-29)14-13-22-9-5-4-6-10-22/h4-12,15,19-21,25H,13-14,16-18H2,1-3H3,(H,27,28)/t21?,25-/m0/s1. The average Bonchev–Trinajstić information content (AvgIpc) is 3.27. The zero-order chi connectivity index (χ0) is 23.4. The number of benzene rings is 2. The van der Waals surface area contributed by atoms with Gasteiger partial charge >= 0.3 is 0 Å². The summed E-state index contributed by atoms with van der Waals surface area (Å²) in [5.41, 5.74) is 4.42. The van der Waals surface area contributed by atoms with Crippen LogP contribution in [0.2, 0.25) is 0 Å². The molecule has 1 N–H and O–H groups in total. The third-order valence-electron chi connectivity index (χ3n) is 6.78. The first-order chi connectivity index (χ1) is 15.9. The molecule has 3 aromatic rings. The smallest absolute Gasteiger partial charge is 0.217 e. The van der Waals surface area contributed by atoms with Crippen LogP contribution in [0.15, 0.2) is 67.1 Å². The Morgan fingerprint density at radius 3 is 2.48 bits per heavy atom. The summed E-state index contributed by atoms with van der Waals surface area (Å²) in [6.07, 6.45) is 5.28. The minimum atomic E-state index is -3.44.